The second-order valence-electron chi connectivity index (χ2n) is 6.90. The molecule has 2 heterocycles. The smallest absolute Gasteiger partial charge is 0.219 e. The molecule has 0 saturated carbocycles. The van der Waals surface area contributed by atoms with Gasteiger partial charge in [-0.2, -0.15) is 0 Å². The van der Waals surface area contributed by atoms with Gasteiger partial charge in [0, 0.05) is 37.5 Å². The van der Waals surface area contributed by atoms with Gasteiger partial charge in [-0.15, -0.1) is 0 Å². The molecule has 150 valence electrons. The quantitative estimate of drug-likeness (QED) is 0.631. The number of ether oxygens (including phenoxy) is 2. The van der Waals surface area contributed by atoms with E-state index in [0.29, 0.717) is 5.16 Å². The van der Waals surface area contributed by atoms with Crippen molar-refractivity contribution in [1.82, 2.24) is 14.6 Å². The van der Waals surface area contributed by atoms with Gasteiger partial charge in [0.1, 0.15) is 11.5 Å². The predicted octanol–water partition coefficient (Wildman–Crippen LogP) is 2.88. The average Bonchev–Trinajstić information content (AvgIpc) is 3.04. The highest BCUT2D eigenvalue weighted by molar-refractivity contribution is 7.84. The van der Waals surface area contributed by atoms with Crippen LogP contribution in [0.4, 0.5) is 0 Å². The van der Waals surface area contributed by atoms with E-state index in [1.165, 1.54) is 0 Å². The van der Waals surface area contributed by atoms with E-state index in [2.05, 4.69) is 4.98 Å². The molecule has 0 amide bonds. The largest absolute Gasteiger partial charge is 0.497 e. The fourth-order valence-corrected chi connectivity index (χ4v) is 4.65. The lowest BCUT2D eigenvalue weighted by atomic mass is 10.1. The van der Waals surface area contributed by atoms with Crippen LogP contribution in [0.1, 0.15) is 22.4 Å². The van der Waals surface area contributed by atoms with Crippen LogP contribution in [-0.2, 0) is 16.6 Å². The molecule has 7 nitrogen and oxygen atoms in total. The summed E-state index contributed by atoms with van der Waals surface area (Å²) in [7, 11) is 5.67. The van der Waals surface area contributed by atoms with Gasteiger partial charge in [-0.1, -0.05) is 0 Å². The van der Waals surface area contributed by atoms with E-state index in [4.69, 9.17) is 14.5 Å². The number of methoxy groups -OCH3 is 2. The maximum absolute atomic E-state index is 13.3. The molecule has 3 rings (SSSR count). The highest BCUT2D eigenvalue weighted by atomic mass is 32.2. The first-order valence-electron chi connectivity index (χ1n) is 8.90. The number of pyridine rings is 1. The zero-order chi connectivity index (χ0) is 20.6. The number of hydrogen-bond acceptors (Lipinski definition) is 6. The predicted molar refractivity (Wildman–Crippen MR) is 111 cm³/mol. The minimum absolute atomic E-state index is 0.260. The molecule has 0 bridgehead atoms. The molecule has 0 saturated heterocycles. The monoisotopic (exact) mass is 402 g/mol. The molecule has 1 atom stereocenters. The minimum Gasteiger partial charge on any atom is -0.497 e. The highest BCUT2D eigenvalue weighted by Gasteiger charge is 2.22. The molecule has 1 unspecified atom stereocenters. The zero-order valence-corrected chi connectivity index (χ0v) is 18.2. The van der Waals surface area contributed by atoms with Crippen LogP contribution in [-0.4, -0.2) is 47.2 Å². The Kier molecular flexibility index (Phi) is 5.60. The number of nitrogens with zero attached hydrogens (tertiary/aromatic N) is 4. The molecule has 2 aromatic heterocycles. The van der Waals surface area contributed by atoms with Crippen molar-refractivity contribution in [2.75, 3.05) is 33.3 Å². The van der Waals surface area contributed by atoms with E-state index in [1.807, 2.05) is 56.7 Å². The number of fused-ring (bicyclic) bond motifs is 1. The second-order valence-corrected chi connectivity index (χ2v) is 8.25. The molecular weight excluding hydrogens is 376 g/mol. The Hall–Kier alpha value is -2.61. The van der Waals surface area contributed by atoms with Crippen molar-refractivity contribution >= 4 is 21.8 Å². The molecule has 0 aliphatic heterocycles. The van der Waals surface area contributed by atoms with Gasteiger partial charge in [0.2, 0.25) is 5.16 Å². The van der Waals surface area contributed by atoms with Gasteiger partial charge in [-0.05, 0) is 32.4 Å². The normalized spacial score (nSPS) is 12.2. The van der Waals surface area contributed by atoms with Gasteiger partial charge in [0.25, 0.3) is 0 Å². The SMILES string of the molecule is COc1cc(C)c2nc(S(=O)Cc3ncc(C)c(OC)c3C)n(N(C)C)c2c1. The molecule has 8 heteroatoms. The summed E-state index contributed by atoms with van der Waals surface area (Å²) in [6.07, 6.45) is 1.75. The van der Waals surface area contributed by atoms with E-state index in [-0.39, 0.29) is 5.75 Å². The topological polar surface area (TPSA) is 69.5 Å². The van der Waals surface area contributed by atoms with Crippen LogP contribution < -0.4 is 14.5 Å². The van der Waals surface area contributed by atoms with Crippen molar-refractivity contribution in [3.05, 3.63) is 40.7 Å². The molecule has 0 aliphatic carbocycles. The third-order valence-electron chi connectivity index (χ3n) is 4.73. The summed E-state index contributed by atoms with van der Waals surface area (Å²) in [5.74, 6) is 1.78. The first kappa shape index (κ1) is 20.1. The summed E-state index contributed by atoms with van der Waals surface area (Å²) in [6.45, 7) is 5.86. The lowest BCUT2D eigenvalue weighted by Gasteiger charge is -2.18. The lowest BCUT2D eigenvalue weighted by molar-refractivity contribution is 0.407. The summed E-state index contributed by atoms with van der Waals surface area (Å²) < 4.78 is 26.0. The maximum Gasteiger partial charge on any atom is 0.219 e. The number of imidazole rings is 1. The Balaban J connectivity index is 2.10. The molecule has 3 aromatic rings. The first-order chi connectivity index (χ1) is 13.3. The van der Waals surface area contributed by atoms with Crippen LogP contribution in [0.3, 0.4) is 0 Å². The van der Waals surface area contributed by atoms with Gasteiger partial charge in [-0.25, -0.2) is 9.66 Å². The Morgan fingerprint density at radius 3 is 2.43 bits per heavy atom. The zero-order valence-electron chi connectivity index (χ0n) is 17.4. The molecule has 0 N–H and O–H groups in total. The molecule has 0 radical (unpaired) electrons. The number of hydrogen-bond donors (Lipinski definition) is 0. The van der Waals surface area contributed by atoms with E-state index in [9.17, 15) is 4.21 Å². The number of aromatic nitrogens is 3. The van der Waals surface area contributed by atoms with Crippen LogP contribution in [0.15, 0.2) is 23.5 Å². The summed E-state index contributed by atoms with van der Waals surface area (Å²) in [5.41, 5.74) is 5.24. The molecule has 0 fully saturated rings. The molecule has 1 aromatic carbocycles. The summed E-state index contributed by atoms with van der Waals surface area (Å²) in [6, 6.07) is 3.84. The number of benzene rings is 1. The van der Waals surface area contributed by atoms with Crippen molar-refractivity contribution in [3.63, 3.8) is 0 Å². The Morgan fingerprint density at radius 1 is 1.11 bits per heavy atom. The van der Waals surface area contributed by atoms with E-state index in [0.717, 1.165) is 44.9 Å². The van der Waals surface area contributed by atoms with Gasteiger partial charge < -0.3 is 14.5 Å². The van der Waals surface area contributed by atoms with Crippen molar-refractivity contribution in [2.24, 2.45) is 0 Å². The van der Waals surface area contributed by atoms with Crippen LogP contribution in [0.2, 0.25) is 0 Å². The second kappa shape index (κ2) is 7.79. The van der Waals surface area contributed by atoms with Crippen molar-refractivity contribution in [2.45, 2.75) is 31.7 Å². The standard InChI is InChI=1S/C20H26N4O3S/c1-12-8-15(26-6)9-17-18(12)22-20(24(17)23(4)5)28(25)11-16-14(3)19(27-7)13(2)10-21-16/h8-10H,11H2,1-7H3. The first-order valence-corrected chi connectivity index (χ1v) is 10.2. The van der Waals surface area contributed by atoms with Gasteiger partial charge in [0.05, 0.1) is 47.5 Å². The average molecular weight is 403 g/mol. The lowest BCUT2D eigenvalue weighted by Crippen LogP contribution is -2.27. The minimum atomic E-state index is -1.39. The maximum atomic E-state index is 13.3. The van der Waals surface area contributed by atoms with Crippen LogP contribution in [0.5, 0.6) is 11.5 Å². The third kappa shape index (κ3) is 3.44. The molecule has 0 spiro atoms. The van der Waals surface area contributed by atoms with Gasteiger partial charge >= 0.3 is 0 Å². The van der Waals surface area contributed by atoms with Crippen LogP contribution >= 0.6 is 0 Å². The summed E-state index contributed by atoms with van der Waals surface area (Å²) in [5, 5.41) is 2.36. The summed E-state index contributed by atoms with van der Waals surface area (Å²) >= 11 is 0. The van der Waals surface area contributed by atoms with Crippen molar-refractivity contribution in [3.8, 4) is 11.5 Å². The fraction of sp³-hybridized carbons (Fsp3) is 0.400. The Bertz CT molecular complexity index is 1060. The molecule has 28 heavy (non-hydrogen) atoms. The molecular formula is C20H26N4O3S. The van der Waals surface area contributed by atoms with Crippen LogP contribution in [0, 0.1) is 20.8 Å². The number of rotatable bonds is 6. The van der Waals surface area contributed by atoms with Crippen molar-refractivity contribution in [1.29, 1.82) is 0 Å². The van der Waals surface area contributed by atoms with Gasteiger partial charge in [-0.3, -0.25) is 9.19 Å². The van der Waals surface area contributed by atoms with E-state index < -0.39 is 10.8 Å². The summed E-state index contributed by atoms with van der Waals surface area (Å²) in [4.78, 5) is 9.18. The molecule has 0 aliphatic rings. The van der Waals surface area contributed by atoms with Crippen LogP contribution in [0.25, 0.3) is 11.0 Å². The van der Waals surface area contributed by atoms with Gasteiger partial charge in [0.15, 0.2) is 0 Å². The van der Waals surface area contributed by atoms with E-state index >= 15 is 0 Å². The highest BCUT2D eigenvalue weighted by Crippen LogP contribution is 2.29. The fourth-order valence-electron chi connectivity index (χ4n) is 3.34. The third-order valence-corrected chi connectivity index (χ3v) is 5.93. The Morgan fingerprint density at radius 2 is 1.82 bits per heavy atom. The number of aryl methyl sites for hydroxylation is 2. The van der Waals surface area contributed by atoms with Crippen molar-refractivity contribution < 1.29 is 13.7 Å². The van der Waals surface area contributed by atoms with E-state index in [1.54, 1.807) is 20.4 Å². The Labute approximate surface area is 167 Å².